The van der Waals surface area contributed by atoms with E-state index in [0.29, 0.717) is 6.61 Å². The lowest BCUT2D eigenvalue weighted by molar-refractivity contribution is -0.221. The van der Waals surface area contributed by atoms with Gasteiger partial charge in [-0.15, -0.1) is 0 Å². The molecule has 0 N–H and O–H groups in total. The Balaban J connectivity index is 1.76. The van der Waals surface area contributed by atoms with E-state index >= 15 is 0 Å². The summed E-state index contributed by atoms with van der Waals surface area (Å²) in [5, 5.41) is 4.01. The van der Waals surface area contributed by atoms with Crippen molar-refractivity contribution in [1.82, 2.24) is 5.16 Å². The Bertz CT molecular complexity index is 509. The van der Waals surface area contributed by atoms with Gasteiger partial charge in [0.1, 0.15) is 17.6 Å². The lowest BCUT2D eigenvalue weighted by Gasteiger charge is -2.29. The van der Waals surface area contributed by atoms with Crippen molar-refractivity contribution < 1.29 is 14.0 Å². The van der Waals surface area contributed by atoms with Gasteiger partial charge in [0, 0.05) is 18.1 Å². The summed E-state index contributed by atoms with van der Waals surface area (Å²) in [7, 11) is 0. The molecule has 3 rings (SSSR count). The molecule has 0 amide bonds. The maximum atomic E-state index is 5.93. The average molecular weight is 245 g/mol. The lowest BCUT2D eigenvalue weighted by atomic mass is 10.1. The van der Waals surface area contributed by atoms with E-state index in [1.54, 1.807) is 0 Å². The first kappa shape index (κ1) is 11.4. The number of hydrogen-bond donors (Lipinski definition) is 0. The minimum absolute atomic E-state index is 0.0543. The fourth-order valence-electron chi connectivity index (χ4n) is 2.08. The van der Waals surface area contributed by atoms with E-state index in [1.807, 2.05) is 43.3 Å². The molecule has 1 aliphatic heterocycles. The second-order valence-corrected chi connectivity index (χ2v) is 4.39. The van der Waals surface area contributed by atoms with Crippen LogP contribution in [0.1, 0.15) is 35.8 Å². The molecule has 4 heteroatoms. The Morgan fingerprint density at radius 2 is 2.06 bits per heavy atom. The lowest BCUT2D eigenvalue weighted by Crippen LogP contribution is -2.21. The van der Waals surface area contributed by atoms with Crippen LogP contribution < -0.4 is 0 Å². The Labute approximate surface area is 105 Å². The highest BCUT2D eigenvalue weighted by Gasteiger charge is 2.27. The molecule has 2 heterocycles. The molecule has 1 aliphatic rings. The summed E-state index contributed by atoms with van der Waals surface area (Å²) in [5.41, 5.74) is 1.87. The zero-order valence-corrected chi connectivity index (χ0v) is 10.2. The number of aromatic nitrogens is 1. The van der Waals surface area contributed by atoms with Gasteiger partial charge in [0.25, 0.3) is 0 Å². The molecule has 0 radical (unpaired) electrons. The first-order valence-corrected chi connectivity index (χ1v) is 6.08. The van der Waals surface area contributed by atoms with Crippen LogP contribution in [0.5, 0.6) is 0 Å². The maximum Gasteiger partial charge on any atom is 0.184 e. The van der Waals surface area contributed by atoms with Crippen LogP contribution in [0.15, 0.2) is 40.9 Å². The van der Waals surface area contributed by atoms with Crippen molar-refractivity contribution in [3.8, 4) is 0 Å². The summed E-state index contributed by atoms with van der Waals surface area (Å²) in [5.74, 6) is 0.802. The molecule has 1 aromatic heterocycles. The summed E-state index contributed by atoms with van der Waals surface area (Å²) in [4.78, 5) is 0. The number of nitrogens with zero attached hydrogens (tertiary/aromatic N) is 1. The Morgan fingerprint density at radius 3 is 2.78 bits per heavy atom. The van der Waals surface area contributed by atoms with Crippen LogP contribution in [-0.2, 0) is 9.47 Å². The largest absolute Gasteiger partial charge is 0.361 e. The summed E-state index contributed by atoms with van der Waals surface area (Å²) < 4.78 is 16.7. The van der Waals surface area contributed by atoms with Crippen LogP contribution >= 0.6 is 0 Å². The molecule has 1 saturated heterocycles. The van der Waals surface area contributed by atoms with E-state index in [-0.39, 0.29) is 12.4 Å². The smallest absolute Gasteiger partial charge is 0.184 e. The second kappa shape index (κ2) is 4.92. The molecule has 1 aromatic carbocycles. The van der Waals surface area contributed by atoms with Gasteiger partial charge in [-0.2, -0.15) is 0 Å². The van der Waals surface area contributed by atoms with Crippen molar-refractivity contribution in [2.75, 3.05) is 6.61 Å². The minimum Gasteiger partial charge on any atom is -0.361 e. The molecule has 2 atom stereocenters. The monoisotopic (exact) mass is 245 g/mol. The first-order chi connectivity index (χ1) is 8.83. The van der Waals surface area contributed by atoms with Crippen molar-refractivity contribution in [3.63, 3.8) is 0 Å². The van der Waals surface area contributed by atoms with Gasteiger partial charge in [-0.25, -0.2) is 0 Å². The molecule has 0 bridgehead atoms. The van der Waals surface area contributed by atoms with Crippen molar-refractivity contribution in [2.45, 2.75) is 25.7 Å². The fraction of sp³-hybridized carbons (Fsp3) is 0.357. The zero-order chi connectivity index (χ0) is 12.4. The predicted octanol–water partition coefficient (Wildman–Crippen LogP) is 3.16. The second-order valence-electron chi connectivity index (χ2n) is 4.39. The quantitative estimate of drug-likeness (QED) is 0.815. The number of benzene rings is 1. The molecule has 0 saturated carbocycles. The van der Waals surface area contributed by atoms with E-state index in [9.17, 15) is 0 Å². The van der Waals surface area contributed by atoms with Gasteiger partial charge >= 0.3 is 0 Å². The highest BCUT2D eigenvalue weighted by molar-refractivity contribution is 5.17. The molecule has 1 unspecified atom stereocenters. The highest BCUT2D eigenvalue weighted by Crippen LogP contribution is 2.34. The van der Waals surface area contributed by atoms with Gasteiger partial charge in [-0.05, 0) is 6.92 Å². The summed E-state index contributed by atoms with van der Waals surface area (Å²) in [6.45, 7) is 2.54. The van der Waals surface area contributed by atoms with Crippen molar-refractivity contribution >= 4 is 0 Å². The number of hydrogen-bond acceptors (Lipinski definition) is 4. The van der Waals surface area contributed by atoms with Gasteiger partial charge in [0.2, 0.25) is 0 Å². The molecule has 2 aromatic rings. The molecular weight excluding hydrogens is 230 g/mol. The molecule has 0 spiro atoms. The Kier molecular flexibility index (Phi) is 3.13. The fourth-order valence-corrected chi connectivity index (χ4v) is 2.08. The van der Waals surface area contributed by atoms with E-state index in [1.165, 1.54) is 0 Å². The van der Waals surface area contributed by atoms with E-state index in [0.717, 1.165) is 23.4 Å². The Hall–Kier alpha value is -1.65. The van der Waals surface area contributed by atoms with Crippen molar-refractivity contribution in [1.29, 1.82) is 0 Å². The topological polar surface area (TPSA) is 44.5 Å². The normalized spacial score (nSPS) is 24.1. The van der Waals surface area contributed by atoms with Gasteiger partial charge in [0.15, 0.2) is 6.29 Å². The van der Waals surface area contributed by atoms with E-state index in [4.69, 9.17) is 14.0 Å². The average Bonchev–Trinajstić information content (AvgIpc) is 2.87. The molecule has 0 aliphatic carbocycles. The highest BCUT2D eigenvalue weighted by atomic mass is 16.7. The summed E-state index contributed by atoms with van der Waals surface area (Å²) in [6.07, 6.45) is 0.429. The van der Waals surface area contributed by atoms with Crippen LogP contribution in [0.2, 0.25) is 0 Å². The van der Waals surface area contributed by atoms with Crippen molar-refractivity contribution in [2.24, 2.45) is 0 Å². The maximum absolute atomic E-state index is 5.93. The van der Waals surface area contributed by atoms with Gasteiger partial charge < -0.3 is 14.0 Å². The van der Waals surface area contributed by atoms with E-state index in [2.05, 4.69) is 5.16 Å². The summed E-state index contributed by atoms with van der Waals surface area (Å²) >= 11 is 0. The standard InChI is InChI=1S/C14H15NO3/c1-10-9-12(15-18-10)13-7-8-16-14(17-13)11-5-3-2-4-6-11/h2-6,9,13-14H,7-8H2,1H3/t13-,14?/m0/s1. The third-order valence-corrected chi connectivity index (χ3v) is 2.98. The molecule has 4 nitrogen and oxygen atoms in total. The van der Waals surface area contributed by atoms with Crippen LogP contribution in [0.4, 0.5) is 0 Å². The van der Waals surface area contributed by atoms with Gasteiger partial charge in [0.05, 0.1) is 6.61 Å². The Morgan fingerprint density at radius 1 is 1.22 bits per heavy atom. The zero-order valence-electron chi connectivity index (χ0n) is 10.2. The number of aryl methyl sites for hydroxylation is 1. The number of rotatable bonds is 2. The SMILES string of the molecule is Cc1cc([C@@H]2CCOC(c3ccccc3)O2)no1. The van der Waals surface area contributed by atoms with Crippen LogP contribution in [0.25, 0.3) is 0 Å². The molecule has 18 heavy (non-hydrogen) atoms. The first-order valence-electron chi connectivity index (χ1n) is 6.08. The summed E-state index contributed by atoms with van der Waals surface area (Å²) in [6, 6.07) is 11.9. The third-order valence-electron chi connectivity index (χ3n) is 2.98. The van der Waals surface area contributed by atoms with Crippen molar-refractivity contribution in [3.05, 3.63) is 53.4 Å². The van der Waals surface area contributed by atoms with Gasteiger partial charge in [-0.1, -0.05) is 35.5 Å². The van der Waals surface area contributed by atoms with Crippen LogP contribution in [0.3, 0.4) is 0 Å². The van der Waals surface area contributed by atoms with Crippen LogP contribution in [0, 0.1) is 6.92 Å². The predicted molar refractivity (Wildman–Crippen MR) is 64.8 cm³/mol. The molecular formula is C14H15NO3. The molecule has 1 fully saturated rings. The van der Waals surface area contributed by atoms with Gasteiger partial charge in [-0.3, -0.25) is 0 Å². The number of ether oxygens (including phenoxy) is 2. The van der Waals surface area contributed by atoms with E-state index < -0.39 is 0 Å². The third kappa shape index (κ3) is 2.30. The molecule has 94 valence electrons. The van der Waals surface area contributed by atoms with Crippen LogP contribution in [-0.4, -0.2) is 11.8 Å². The minimum atomic E-state index is -0.318.